The summed E-state index contributed by atoms with van der Waals surface area (Å²) in [5, 5.41) is 10.3. The number of aromatic carboxylic acids is 1. The number of fused-ring (bicyclic) bond motifs is 1. The second kappa shape index (κ2) is 7.44. The average molecular weight is 375 g/mol. The van der Waals surface area contributed by atoms with Crippen LogP contribution in [0.5, 0.6) is 5.75 Å². The Bertz CT molecular complexity index is 1190. The zero-order valence-corrected chi connectivity index (χ0v) is 14.9. The van der Waals surface area contributed by atoms with E-state index in [0.29, 0.717) is 23.5 Å². The minimum atomic E-state index is -1.14. The molecule has 6 nitrogen and oxygen atoms in total. The van der Waals surface area contributed by atoms with Gasteiger partial charge in [-0.05, 0) is 47.3 Å². The van der Waals surface area contributed by atoms with Gasteiger partial charge in [0, 0.05) is 11.6 Å². The lowest BCUT2D eigenvalue weighted by Gasteiger charge is -2.09. The van der Waals surface area contributed by atoms with E-state index < -0.39 is 5.97 Å². The lowest BCUT2D eigenvalue weighted by Crippen LogP contribution is -2.19. The Labute approximate surface area is 160 Å². The smallest absolute Gasteiger partial charge is 0.371 e. The van der Waals surface area contributed by atoms with Crippen LogP contribution < -0.4 is 10.3 Å². The highest BCUT2D eigenvalue weighted by Crippen LogP contribution is 2.20. The van der Waals surface area contributed by atoms with Gasteiger partial charge in [-0.15, -0.1) is 0 Å². The van der Waals surface area contributed by atoms with Gasteiger partial charge in [-0.3, -0.25) is 4.79 Å². The lowest BCUT2D eigenvalue weighted by molar-refractivity contribution is 0.0660. The van der Waals surface area contributed by atoms with Crippen LogP contribution in [0, 0.1) is 0 Å². The number of aromatic nitrogens is 1. The van der Waals surface area contributed by atoms with E-state index in [1.54, 1.807) is 24.4 Å². The third kappa shape index (κ3) is 3.66. The molecule has 0 aliphatic heterocycles. The molecule has 0 saturated heterocycles. The van der Waals surface area contributed by atoms with E-state index in [4.69, 9.17) is 14.3 Å². The number of hydrogen-bond acceptors (Lipinski definition) is 4. The van der Waals surface area contributed by atoms with Gasteiger partial charge in [-0.2, -0.15) is 0 Å². The number of nitrogens with zero attached hydrogens (tertiary/aromatic N) is 1. The fraction of sp³-hybridized carbons (Fsp3) is 0.0909. The molecule has 6 heteroatoms. The van der Waals surface area contributed by atoms with Crippen LogP contribution in [0.4, 0.5) is 0 Å². The van der Waals surface area contributed by atoms with Gasteiger partial charge in [0.1, 0.15) is 18.1 Å². The maximum Gasteiger partial charge on any atom is 0.371 e. The highest BCUT2D eigenvalue weighted by atomic mass is 16.5. The summed E-state index contributed by atoms with van der Waals surface area (Å²) < 4.78 is 12.5. The molecule has 0 spiro atoms. The predicted molar refractivity (Wildman–Crippen MR) is 104 cm³/mol. The van der Waals surface area contributed by atoms with E-state index in [0.717, 1.165) is 10.9 Å². The van der Waals surface area contributed by atoms with Gasteiger partial charge < -0.3 is 18.8 Å². The molecule has 0 atom stereocenters. The van der Waals surface area contributed by atoms with E-state index in [-0.39, 0.29) is 17.9 Å². The highest BCUT2D eigenvalue weighted by molar-refractivity contribution is 5.84. The van der Waals surface area contributed by atoms with E-state index in [1.165, 1.54) is 10.6 Å². The molecule has 0 amide bonds. The van der Waals surface area contributed by atoms with Crippen molar-refractivity contribution in [1.29, 1.82) is 0 Å². The van der Waals surface area contributed by atoms with E-state index in [2.05, 4.69) is 0 Å². The van der Waals surface area contributed by atoms with Gasteiger partial charge in [0.2, 0.25) is 5.76 Å². The van der Waals surface area contributed by atoms with Crippen molar-refractivity contribution in [2.24, 2.45) is 0 Å². The van der Waals surface area contributed by atoms with Crippen molar-refractivity contribution in [3.05, 3.63) is 100 Å². The molecule has 1 N–H and O–H groups in total. The van der Waals surface area contributed by atoms with Crippen LogP contribution >= 0.6 is 0 Å². The maximum atomic E-state index is 12.7. The second-order valence-corrected chi connectivity index (χ2v) is 6.34. The van der Waals surface area contributed by atoms with Crippen LogP contribution in [-0.4, -0.2) is 15.6 Å². The molecule has 0 fully saturated rings. The molecule has 2 aromatic heterocycles. The number of carboxylic acids is 1. The van der Waals surface area contributed by atoms with E-state index in [1.807, 2.05) is 42.5 Å². The first-order valence-electron chi connectivity index (χ1n) is 8.72. The predicted octanol–water partition coefficient (Wildman–Crippen LogP) is 3.92. The van der Waals surface area contributed by atoms with Gasteiger partial charge in [0.05, 0.1) is 6.54 Å². The fourth-order valence-corrected chi connectivity index (χ4v) is 2.97. The summed E-state index contributed by atoms with van der Waals surface area (Å²) in [6.45, 7) is 0.613. The zero-order valence-electron chi connectivity index (χ0n) is 14.9. The third-order valence-corrected chi connectivity index (χ3v) is 4.40. The Morgan fingerprint density at radius 1 is 1.04 bits per heavy atom. The van der Waals surface area contributed by atoms with Crippen LogP contribution in [0.15, 0.2) is 82.1 Å². The molecule has 2 aromatic carbocycles. The van der Waals surface area contributed by atoms with Crippen LogP contribution in [0.25, 0.3) is 10.8 Å². The molecule has 0 saturated carbocycles. The molecule has 2 heterocycles. The summed E-state index contributed by atoms with van der Waals surface area (Å²) in [4.78, 5) is 23.6. The van der Waals surface area contributed by atoms with E-state index in [9.17, 15) is 9.59 Å². The molecular formula is C22H17NO5. The first-order chi connectivity index (χ1) is 13.6. The molecule has 0 bridgehead atoms. The molecule has 4 aromatic rings. The van der Waals surface area contributed by atoms with Crippen molar-refractivity contribution < 1.29 is 19.1 Å². The Morgan fingerprint density at radius 2 is 1.86 bits per heavy atom. The lowest BCUT2D eigenvalue weighted by atomic mass is 10.1. The monoisotopic (exact) mass is 375 g/mol. The Morgan fingerprint density at radius 3 is 2.61 bits per heavy atom. The van der Waals surface area contributed by atoms with Crippen molar-refractivity contribution in [3.8, 4) is 5.75 Å². The minimum absolute atomic E-state index is 0.149. The molecule has 140 valence electrons. The first-order valence-corrected chi connectivity index (χ1v) is 8.72. The number of furan rings is 1. The largest absolute Gasteiger partial charge is 0.489 e. The standard InChI is InChI=1S/C22H17NO5/c24-21-19-8-6-17(27-14-15-4-2-1-3-5-15)12-16(19)10-11-23(21)13-18-7-9-20(28-18)22(25)26/h1-12H,13-14H2,(H,25,26). The van der Waals surface area contributed by atoms with Crippen molar-refractivity contribution >= 4 is 16.7 Å². The second-order valence-electron chi connectivity index (χ2n) is 6.34. The highest BCUT2D eigenvalue weighted by Gasteiger charge is 2.11. The Hall–Kier alpha value is -3.80. The number of benzene rings is 2. The molecule has 28 heavy (non-hydrogen) atoms. The maximum absolute atomic E-state index is 12.7. The van der Waals surface area contributed by atoms with Gasteiger partial charge in [-0.25, -0.2) is 4.79 Å². The normalized spacial score (nSPS) is 10.9. The van der Waals surface area contributed by atoms with E-state index >= 15 is 0 Å². The number of pyridine rings is 1. The number of rotatable bonds is 6. The molecular weight excluding hydrogens is 358 g/mol. The molecule has 0 radical (unpaired) electrons. The Kier molecular flexibility index (Phi) is 4.68. The van der Waals surface area contributed by atoms with Gasteiger partial charge in [-0.1, -0.05) is 30.3 Å². The van der Waals surface area contributed by atoms with Crippen molar-refractivity contribution in [2.45, 2.75) is 13.2 Å². The van der Waals surface area contributed by atoms with Gasteiger partial charge in [0.15, 0.2) is 0 Å². The van der Waals surface area contributed by atoms with Crippen LogP contribution in [0.1, 0.15) is 21.9 Å². The van der Waals surface area contributed by atoms with Crippen LogP contribution in [0.2, 0.25) is 0 Å². The molecule has 0 aliphatic rings. The number of carboxylic acid groups (broad SMARTS) is 1. The summed E-state index contributed by atoms with van der Waals surface area (Å²) in [5.74, 6) is -0.198. The van der Waals surface area contributed by atoms with Crippen LogP contribution in [-0.2, 0) is 13.2 Å². The number of ether oxygens (including phenoxy) is 1. The topological polar surface area (TPSA) is 81.7 Å². The summed E-state index contributed by atoms with van der Waals surface area (Å²) in [6.07, 6.45) is 1.66. The summed E-state index contributed by atoms with van der Waals surface area (Å²) in [6, 6.07) is 19.9. The third-order valence-electron chi connectivity index (χ3n) is 4.40. The quantitative estimate of drug-likeness (QED) is 0.552. The summed E-state index contributed by atoms with van der Waals surface area (Å²) in [7, 11) is 0. The van der Waals surface area contributed by atoms with Crippen molar-refractivity contribution in [1.82, 2.24) is 4.57 Å². The van der Waals surface area contributed by atoms with Crippen molar-refractivity contribution in [3.63, 3.8) is 0 Å². The SMILES string of the molecule is O=C(O)c1ccc(Cn2ccc3cc(OCc4ccccc4)ccc3c2=O)o1. The minimum Gasteiger partial charge on any atom is -0.489 e. The first kappa shape index (κ1) is 17.6. The zero-order chi connectivity index (χ0) is 19.5. The molecule has 0 unspecified atom stereocenters. The fourth-order valence-electron chi connectivity index (χ4n) is 2.97. The Balaban J connectivity index is 1.55. The van der Waals surface area contributed by atoms with Gasteiger partial charge >= 0.3 is 5.97 Å². The number of carbonyl (C=O) groups is 1. The molecule has 4 rings (SSSR count). The summed E-state index contributed by atoms with van der Waals surface area (Å²) >= 11 is 0. The van der Waals surface area contributed by atoms with Crippen molar-refractivity contribution in [2.75, 3.05) is 0 Å². The average Bonchev–Trinajstić information content (AvgIpc) is 3.18. The summed E-state index contributed by atoms with van der Waals surface area (Å²) in [5.41, 5.74) is 0.887. The van der Waals surface area contributed by atoms with Crippen LogP contribution in [0.3, 0.4) is 0 Å². The van der Waals surface area contributed by atoms with Gasteiger partial charge in [0.25, 0.3) is 5.56 Å². The number of hydrogen-bond donors (Lipinski definition) is 1. The molecule has 0 aliphatic carbocycles.